The van der Waals surface area contributed by atoms with E-state index in [1.807, 2.05) is 17.5 Å². The molecule has 3 nitrogen and oxygen atoms in total. The van der Waals surface area contributed by atoms with E-state index in [1.165, 1.54) is 4.88 Å². The number of methoxy groups -OCH3 is 1. The summed E-state index contributed by atoms with van der Waals surface area (Å²) in [6.07, 6.45) is 3.46. The first-order chi connectivity index (χ1) is 7.86. The molecule has 0 fully saturated rings. The van der Waals surface area contributed by atoms with Crippen molar-refractivity contribution in [1.82, 2.24) is 5.32 Å². The zero-order valence-electron chi connectivity index (χ0n) is 9.40. The Labute approximate surface area is 99.0 Å². The Morgan fingerprint density at radius 3 is 3.00 bits per heavy atom. The monoisotopic (exact) mass is 237 g/mol. The van der Waals surface area contributed by atoms with Gasteiger partial charge in [0.15, 0.2) is 0 Å². The van der Waals surface area contributed by atoms with Crippen LogP contribution in [0.5, 0.6) is 5.75 Å². The highest BCUT2D eigenvalue weighted by Gasteiger charge is 2.19. The van der Waals surface area contributed by atoms with Gasteiger partial charge in [0.1, 0.15) is 5.75 Å². The van der Waals surface area contributed by atoms with Gasteiger partial charge in [0.2, 0.25) is 0 Å². The minimum Gasteiger partial charge on any atom is -0.496 e. The summed E-state index contributed by atoms with van der Waals surface area (Å²) in [4.78, 5) is 1.19. The predicted octanol–water partition coefficient (Wildman–Crippen LogP) is 3.05. The molecule has 1 unspecified atom stereocenters. The third-order valence-electron chi connectivity index (χ3n) is 2.42. The normalized spacial score (nSPS) is 12.6. The van der Waals surface area contributed by atoms with Crippen LogP contribution in [0, 0.1) is 0 Å². The van der Waals surface area contributed by atoms with E-state index in [0.29, 0.717) is 0 Å². The Morgan fingerprint density at radius 2 is 2.38 bits per heavy atom. The molecular formula is C12H15NO2S. The summed E-state index contributed by atoms with van der Waals surface area (Å²) in [6.45, 7) is 2.99. The molecule has 0 saturated carbocycles. The van der Waals surface area contributed by atoms with Crippen LogP contribution in [-0.4, -0.2) is 13.7 Å². The van der Waals surface area contributed by atoms with Crippen LogP contribution in [0.3, 0.4) is 0 Å². The Morgan fingerprint density at radius 1 is 1.50 bits per heavy atom. The quantitative estimate of drug-likeness (QED) is 0.868. The van der Waals surface area contributed by atoms with Gasteiger partial charge in [-0.1, -0.05) is 6.92 Å². The Hall–Kier alpha value is -1.26. The molecule has 0 aliphatic heterocycles. The van der Waals surface area contributed by atoms with Crippen LogP contribution in [0.4, 0.5) is 0 Å². The molecule has 2 rings (SSSR count). The van der Waals surface area contributed by atoms with Crippen molar-refractivity contribution in [2.45, 2.75) is 13.0 Å². The van der Waals surface area contributed by atoms with E-state index in [0.717, 1.165) is 17.9 Å². The van der Waals surface area contributed by atoms with Crippen LogP contribution >= 0.6 is 11.3 Å². The second-order valence-corrected chi connectivity index (χ2v) is 4.35. The van der Waals surface area contributed by atoms with Crippen LogP contribution in [0.2, 0.25) is 0 Å². The summed E-state index contributed by atoms with van der Waals surface area (Å²) < 4.78 is 10.5. The highest BCUT2D eigenvalue weighted by molar-refractivity contribution is 7.10. The lowest BCUT2D eigenvalue weighted by Gasteiger charge is -2.16. The number of ether oxygens (including phenoxy) is 1. The standard InChI is InChI=1S/C12H15NO2S/c1-3-13-11(9-4-6-15-8-9)12-10(14-2)5-7-16-12/h4-8,11,13H,3H2,1-2H3. The molecule has 86 valence electrons. The van der Waals surface area contributed by atoms with Crippen molar-refractivity contribution >= 4 is 11.3 Å². The van der Waals surface area contributed by atoms with Crippen LogP contribution in [0.1, 0.15) is 23.4 Å². The van der Waals surface area contributed by atoms with Crippen LogP contribution < -0.4 is 10.1 Å². The molecule has 0 radical (unpaired) electrons. The first-order valence-electron chi connectivity index (χ1n) is 5.23. The molecule has 4 heteroatoms. The summed E-state index contributed by atoms with van der Waals surface area (Å²) in [6, 6.07) is 4.12. The molecule has 0 aromatic carbocycles. The van der Waals surface area contributed by atoms with Gasteiger partial charge < -0.3 is 14.5 Å². The highest BCUT2D eigenvalue weighted by Crippen LogP contribution is 2.34. The Bertz CT molecular complexity index is 422. The van der Waals surface area contributed by atoms with Crippen molar-refractivity contribution in [2.75, 3.05) is 13.7 Å². The molecule has 0 bridgehead atoms. The molecule has 0 spiro atoms. The van der Waals surface area contributed by atoms with Crippen molar-refractivity contribution in [3.05, 3.63) is 40.5 Å². The maximum Gasteiger partial charge on any atom is 0.134 e. The number of furan rings is 1. The molecule has 1 N–H and O–H groups in total. The minimum atomic E-state index is 0.152. The highest BCUT2D eigenvalue weighted by atomic mass is 32.1. The maximum atomic E-state index is 5.35. The van der Waals surface area contributed by atoms with Gasteiger partial charge in [0.25, 0.3) is 0 Å². The fourth-order valence-corrected chi connectivity index (χ4v) is 2.65. The third-order valence-corrected chi connectivity index (χ3v) is 3.39. The summed E-state index contributed by atoms with van der Waals surface area (Å²) in [5.41, 5.74) is 1.13. The lowest BCUT2D eigenvalue weighted by molar-refractivity contribution is 0.407. The van der Waals surface area contributed by atoms with Crippen LogP contribution in [0.15, 0.2) is 34.5 Å². The van der Waals surface area contributed by atoms with Gasteiger partial charge in [-0.2, -0.15) is 0 Å². The number of thiophene rings is 1. The van der Waals surface area contributed by atoms with E-state index in [1.54, 1.807) is 31.0 Å². The van der Waals surface area contributed by atoms with E-state index in [9.17, 15) is 0 Å². The second kappa shape index (κ2) is 5.18. The molecule has 16 heavy (non-hydrogen) atoms. The van der Waals surface area contributed by atoms with Gasteiger partial charge >= 0.3 is 0 Å². The van der Waals surface area contributed by atoms with Gasteiger partial charge in [-0.3, -0.25) is 0 Å². The van der Waals surface area contributed by atoms with Gasteiger partial charge in [-0.15, -0.1) is 11.3 Å². The summed E-state index contributed by atoms with van der Waals surface area (Å²) in [7, 11) is 1.70. The predicted molar refractivity (Wildman–Crippen MR) is 65.1 cm³/mol. The summed E-state index contributed by atoms with van der Waals surface area (Å²) >= 11 is 1.69. The fourth-order valence-electron chi connectivity index (χ4n) is 1.69. The third kappa shape index (κ3) is 2.13. The van der Waals surface area contributed by atoms with Gasteiger partial charge in [0, 0.05) is 5.56 Å². The lowest BCUT2D eigenvalue weighted by atomic mass is 10.1. The molecule has 2 aromatic heterocycles. The van der Waals surface area contributed by atoms with E-state index in [4.69, 9.17) is 9.15 Å². The van der Waals surface area contributed by atoms with Crippen molar-refractivity contribution in [3.63, 3.8) is 0 Å². The number of hydrogen-bond donors (Lipinski definition) is 1. The molecular weight excluding hydrogens is 222 g/mol. The Kier molecular flexibility index (Phi) is 3.64. The van der Waals surface area contributed by atoms with Crippen molar-refractivity contribution in [3.8, 4) is 5.75 Å². The first kappa shape index (κ1) is 11.2. The number of nitrogens with one attached hydrogen (secondary N) is 1. The van der Waals surface area contributed by atoms with Gasteiger partial charge in [-0.25, -0.2) is 0 Å². The lowest BCUT2D eigenvalue weighted by Crippen LogP contribution is -2.21. The molecule has 2 aromatic rings. The molecule has 0 aliphatic rings. The van der Waals surface area contributed by atoms with Crippen LogP contribution in [-0.2, 0) is 0 Å². The smallest absolute Gasteiger partial charge is 0.134 e. The number of rotatable bonds is 5. The fraction of sp³-hybridized carbons (Fsp3) is 0.333. The molecule has 0 aliphatic carbocycles. The largest absolute Gasteiger partial charge is 0.496 e. The maximum absolute atomic E-state index is 5.35. The zero-order valence-corrected chi connectivity index (χ0v) is 10.2. The van der Waals surface area contributed by atoms with Crippen molar-refractivity contribution < 1.29 is 9.15 Å². The summed E-state index contributed by atoms with van der Waals surface area (Å²) in [5.74, 6) is 0.928. The van der Waals surface area contributed by atoms with E-state index in [2.05, 4.69) is 12.2 Å². The SMILES string of the molecule is CCNC(c1ccoc1)c1sccc1OC. The molecule has 2 heterocycles. The van der Waals surface area contributed by atoms with E-state index in [-0.39, 0.29) is 6.04 Å². The van der Waals surface area contributed by atoms with Crippen molar-refractivity contribution in [1.29, 1.82) is 0 Å². The average Bonchev–Trinajstić information content (AvgIpc) is 2.96. The van der Waals surface area contributed by atoms with Gasteiger partial charge in [0.05, 0.1) is 30.6 Å². The average molecular weight is 237 g/mol. The zero-order chi connectivity index (χ0) is 11.4. The van der Waals surface area contributed by atoms with Crippen molar-refractivity contribution in [2.24, 2.45) is 0 Å². The first-order valence-corrected chi connectivity index (χ1v) is 6.11. The van der Waals surface area contributed by atoms with Gasteiger partial charge in [-0.05, 0) is 24.1 Å². The number of hydrogen-bond acceptors (Lipinski definition) is 4. The molecule has 1 atom stereocenters. The van der Waals surface area contributed by atoms with E-state index < -0.39 is 0 Å². The summed E-state index contributed by atoms with van der Waals surface area (Å²) in [5, 5.41) is 5.47. The van der Waals surface area contributed by atoms with Crippen LogP contribution in [0.25, 0.3) is 0 Å². The molecule has 0 amide bonds. The second-order valence-electron chi connectivity index (χ2n) is 3.40. The molecule has 0 saturated heterocycles. The Balaban J connectivity index is 2.33. The topological polar surface area (TPSA) is 34.4 Å². The minimum absolute atomic E-state index is 0.152. The van der Waals surface area contributed by atoms with E-state index >= 15 is 0 Å².